The predicted octanol–water partition coefficient (Wildman–Crippen LogP) is 3.25. The van der Waals surface area contributed by atoms with Gasteiger partial charge in [-0.2, -0.15) is 0 Å². The van der Waals surface area contributed by atoms with Crippen LogP contribution in [0.25, 0.3) is 0 Å². The van der Waals surface area contributed by atoms with E-state index in [9.17, 15) is 4.39 Å². The van der Waals surface area contributed by atoms with E-state index in [-0.39, 0.29) is 5.82 Å². The van der Waals surface area contributed by atoms with E-state index >= 15 is 0 Å². The number of halogens is 2. The minimum atomic E-state index is -0.200. The van der Waals surface area contributed by atoms with Crippen molar-refractivity contribution in [1.29, 1.82) is 0 Å². The molecule has 0 saturated heterocycles. The zero-order chi connectivity index (χ0) is 10.4. The van der Waals surface area contributed by atoms with Crippen molar-refractivity contribution in [3.05, 3.63) is 46.7 Å². The second-order valence-electron chi connectivity index (χ2n) is 2.99. The van der Waals surface area contributed by atoms with Gasteiger partial charge in [-0.25, -0.2) is 4.39 Å². The Hall–Kier alpha value is -0.670. The van der Waals surface area contributed by atoms with Crippen LogP contribution in [0.2, 0.25) is 0 Å². The van der Waals surface area contributed by atoms with Crippen molar-refractivity contribution in [3.63, 3.8) is 0 Å². The Labute approximate surface area is 92.1 Å². The van der Waals surface area contributed by atoms with Crippen molar-refractivity contribution in [3.8, 4) is 0 Å². The fourth-order valence-corrected chi connectivity index (χ4v) is 1.49. The molecule has 0 atom stereocenters. The molecule has 0 unspecified atom stereocenters. The van der Waals surface area contributed by atoms with Crippen LogP contribution < -0.4 is 5.32 Å². The average molecular weight is 258 g/mol. The molecule has 0 amide bonds. The first-order chi connectivity index (χ1) is 6.74. The summed E-state index contributed by atoms with van der Waals surface area (Å²) in [5.74, 6) is -0.200. The van der Waals surface area contributed by atoms with Crippen molar-refractivity contribution in [1.82, 2.24) is 5.32 Å². The van der Waals surface area contributed by atoms with E-state index in [0.29, 0.717) is 6.54 Å². The summed E-state index contributed by atoms with van der Waals surface area (Å²) in [7, 11) is 0. The van der Waals surface area contributed by atoms with Gasteiger partial charge < -0.3 is 5.32 Å². The van der Waals surface area contributed by atoms with Gasteiger partial charge in [0, 0.05) is 11.0 Å². The zero-order valence-corrected chi connectivity index (χ0v) is 9.48. The Kier molecular flexibility index (Phi) is 4.84. The number of hydrogen-bond acceptors (Lipinski definition) is 1. The van der Waals surface area contributed by atoms with Crippen LogP contribution in [0.5, 0.6) is 0 Å². The lowest BCUT2D eigenvalue weighted by atomic mass is 10.2. The normalized spacial score (nSPS) is 10.1. The molecule has 0 fully saturated rings. The summed E-state index contributed by atoms with van der Waals surface area (Å²) in [6.45, 7) is 5.17. The molecule has 0 aliphatic heterocycles. The van der Waals surface area contributed by atoms with Gasteiger partial charge >= 0.3 is 0 Å². The first-order valence-corrected chi connectivity index (χ1v) is 5.29. The lowest BCUT2D eigenvalue weighted by molar-refractivity contribution is 0.620. The SMILES string of the molecule is C=CCCNCc1cc(F)ccc1Br. The third-order valence-electron chi connectivity index (χ3n) is 1.85. The van der Waals surface area contributed by atoms with Gasteiger partial charge in [0.15, 0.2) is 0 Å². The van der Waals surface area contributed by atoms with Crippen LogP contribution in [0.3, 0.4) is 0 Å². The minimum Gasteiger partial charge on any atom is -0.312 e. The lowest BCUT2D eigenvalue weighted by Crippen LogP contribution is -2.14. The molecule has 0 saturated carbocycles. The van der Waals surface area contributed by atoms with Gasteiger partial charge in [0.25, 0.3) is 0 Å². The predicted molar refractivity (Wildman–Crippen MR) is 60.6 cm³/mol. The fourth-order valence-electron chi connectivity index (χ4n) is 1.11. The molecule has 1 N–H and O–H groups in total. The molecule has 0 spiro atoms. The van der Waals surface area contributed by atoms with Gasteiger partial charge in [-0.1, -0.05) is 22.0 Å². The maximum atomic E-state index is 12.9. The fraction of sp³-hybridized carbons (Fsp3) is 0.273. The summed E-state index contributed by atoms with van der Waals surface area (Å²) in [6.07, 6.45) is 2.78. The molecule has 3 heteroatoms. The van der Waals surface area contributed by atoms with Crippen molar-refractivity contribution in [2.75, 3.05) is 6.54 Å². The Bertz CT molecular complexity index is 312. The molecule has 0 heterocycles. The Morgan fingerprint density at radius 1 is 1.50 bits per heavy atom. The molecule has 14 heavy (non-hydrogen) atoms. The van der Waals surface area contributed by atoms with Crippen molar-refractivity contribution in [2.24, 2.45) is 0 Å². The van der Waals surface area contributed by atoms with Crippen molar-refractivity contribution in [2.45, 2.75) is 13.0 Å². The highest BCUT2D eigenvalue weighted by atomic mass is 79.9. The molecule has 0 bridgehead atoms. The topological polar surface area (TPSA) is 12.0 Å². The minimum absolute atomic E-state index is 0.200. The number of rotatable bonds is 5. The van der Waals surface area contributed by atoms with Gasteiger partial charge in [0.05, 0.1) is 0 Å². The maximum absolute atomic E-state index is 12.9. The van der Waals surface area contributed by atoms with E-state index in [4.69, 9.17) is 0 Å². The van der Waals surface area contributed by atoms with E-state index in [0.717, 1.165) is 23.0 Å². The molecule has 1 nitrogen and oxygen atoms in total. The van der Waals surface area contributed by atoms with Crippen molar-refractivity contribution >= 4 is 15.9 Å². The summed E-state index contributed by atoms with van der Waals surface area (Å²) in [5.41, 5.74) is 0.939. The van der Waals surface area contributed by atoms with E-state index < -0.39 is 0 Å². The monoisotopic (exact) mass is 257 g/mol. The number of hydrogen-bond donors (Lipinski definition) is 1. The molecule has 76 valence electrons. The Morgan fingerprint density at radius 3 is 3.00 bits per heavy atom. The molecule has 0 aliphatic carbocycles. The second-order valence-corrected chi connectivity index (χ2v) is 3.84. The quantitative estimate of drug-likeness (QED) is 0.631. The first-order valence-electron chi connectivity index (χ1n) is 4.49. The van der Waals surface area contributed by atoms with Crippen LogP contribution >= 0.6 is 15.9 Å². The number of benzene rings is 1. The van der Waals surface area contributed by atoms with E-state index in [1.165, 1.54) is 12.1 Å². The smallest absolute Gasteiger partial charge is 0.123 e. The van der Waals surface area contributed by atoms with Crippen molar-refractivity contribution < 1.29 is 4.39 Å². The summed E-state index contributed by atoms with van der Waals surface area (Å²) in [4.78, 5) is 0. The van der Waals surface area contributed by atoms with Gasteiger partial charge in [0.1, 0.15) is 5.82 Å². The van der Waals surface area contributed by atoms with Gasteiger partial charge in [0.2, 0.25) is 0 Å². The van der Waals surface area contributed by atoms with Gasteiger partial charge in [-0.3, -0.25) is 0 Å². The van der Waals surface area contributed by atoms with Crippen LogP contribution in [0.15, 0.2) is 35.3 Å². The van der Waals surface area contributed by atoms with Crippen LogP contribution in [0, 0.1) is 5.82 Å². The molecule has 1 aromatic rings. The molecule has 0 radical (unpaired) electrons. The Balaban J connectivity index is 2.49. The average Bonchev–Trinajstić information content (AvgIpc) is 2.18. The highest BCUT2D eigenvalue weighted by molar-refractivity contribution is 9.10. The molecule has 0 aromatic heterocycles. The lowest BCUT2D eigenvalue weighted by Gasteiger charge is -2.05. The summed E-state index contributed by atoms with van der Waals surface area (Å²) in [5, 5.41) is 3.20. The van der Waals surface area contributed by atoms with Gasteiger partial charge in [-0.05, 0) is 36.7 Å². The third kappa shape index (κ3) is 3.60. The Morgan fingerprint density at radius 2 is 2.29 bits per heavy atom. The standard InChI is InChI=1S/C11H13BrFN/c1-2-3-6-14-8-9-7-10(13)4-5-11(9)12/h2,4-5,7,14H,1,3,6,8H2. The van der Waals surface area contributed by atoms with Gasteiger partial charge in [-0.15, -0.1) is 6.58 Å². The van der Waals surface area contributed by atoms with Crippen LogP contribution in [-0.4, -0.2) is 6.54 Å². The third-order valence-corrected chi connectivity index (χ3v) is 2.62. The summed E-state index contributed by atoms with van der Waals surface area (Å²) in [6, 6.07) is 4.70. The maximum Gasteiger partial charge on any atom is 0.123 e. The zero-order valence-electron chi connectivity index (χ0n) is 7.89. The highest BCUT2D eigenvalue weighted by Gasteiger charge is 2.00. The summed E-state index contributed by atoms with van der Waals surface area (Å²) < 4.78 is 13.8. The van der Waals surface area contributed by atoms with Crippen LogP contribution in [0.1, 0.15) is 12.0 Å². The van der Waals surface area contributed by atoms with E-state index in [1.807, 2.05) is 6.08 Å². The van der Waals surface area contributed by atoms with E-state index in [1.54, 1.807) is 6.07 Å². The first kappa shape index (κ1) is 11.4. The van der Waals surface area contributed by atoms with Crippen LogP contribution in [0.4, 0.5) is 4.39 Å². The molecular formula is C11H13BrFN. The molecule has 1 rings (SSSR count). The molecule has 1 aromatic carbocycles. The largest absolute Gasteiger partial charge is 0.312 e. The number of nitrogens with one attached hydrogen (secondary N) is 1. The summed E-state index contributed by atoms with van der Waals surface area (Å²) >= 11 is 3.37. The highest BCUT2D eigenvalue weighted by Crippen LogP contribution is 2.17. The molecule has 0 aliphatic rings. The molecular weight excluding hydrogens is 245 g/mol. The van der Waals surface area contributed by atoms with E-state index in [2.05, 4.69) is 27.8 Å². The van der Waals surface area contributed by atoms with Crippen LogP contribution in [-0.2, 0) is 6.54 Å². The second kappa shape index (κ2) is 5.94.